The number of aryl methyl sites for hydroxylation is 1. The molecule has 0 bridgehead atoms. The highest BCUT2D eigenvalue weighted by Crippen LogP contribution is 2.15. The summed E-state index contributed by atoms with van der Waals surface area (Å²) in [6.45, 7) is 1.49. The molecule has 1 amide bonds. The Kier molecular flexibility index (Phi) is 4.20. The van der Waals surface area contributed by atoms with Crippen LogP contribution < -0.4 is 15.8 Å². The molecule has 0 saturated heterocycles. The van der Waals surface area contributed by atoms with Gasteiger partial charge in [0.15, 0.2) is 6.61 Å². The molecule has 4 nitrogen and oxygen atoms in total. The minimum Gasteiger partial charge on any atom is -0.484 e. The molecule has 0 heterocycles. The lowest BCUT2D eigenvalue weighted by Gasteiger charge is -2.08. The SMILES string of the molecule is Cc1ccc(NC(=O)COc2cccc(N)c2)cc1F. The van der Waals surface area contributed by atoms with Gasteiger partial charge in [-0.3, -0.25) is 4.79 Å². The predicted octanol–water partition coefficient (Wildman–Crippen LogP) is 2.73. The van der Waals surface area contributed by atoms with Gasteiger partial charge in [0.25, 0.3) is 5.91 Å². The quantitative estimate of drug-likeness (QED) is 0.842. The average molecular weight is 274 g/mol. The Morgan fingerprint density at radius 3 is 2.80 bits per heavy atom. The third-order valence-corrected chi connectivity index (χ3v) is 2.68. The van der Waals surface area contributed by atoms with E-state index in [-0.39, 0.29) is 18.3 Å². The first-order chi connectivity index (χ1) is 9.54. The normalized spacial score (nSPS) is 10.1. The predicted molar refractivity (Wildman–Crippen MR) is 76.1 cm³/mol. The Morgan fingerprint density at radius 1 is 1.30 bits per heavy atom. The lowest BCUT2D eigenvalue weighted by molar-refractivity contribution is -0.118. The van der Waals surface area contributed by atoms with E-state index in [1.165, 1.54) is 6.07 Å². The van der Waals surface area contributed by atoms with Crippen LogP contribution in [0.5, 0.6) is 5.75 Å². The molecule has 5 heteroatoms. The van der Waals surface area contributed by atoms with Gasteiger partial charge in [0.1, 0.15) is 11.6 Å². The van der Waals surface area contributed by atoms with Crippen LogP contribution in [-0.2, 0) is 4.79 Å². The molecule has 0 fully saturated rings. The van der Waals surface area contributed by atoms with Crippen LogP contribution in [0.2, 0.25) is 0 Å². The molecule has 0 saturated carbocycles. The number of hydrogen-bond donors (Lipinski definition) is 2. The Hall–Kier alpha value is -2.56. The molecule has 0 radical (unpaired) electrons. The molecule has 2 aromatic carbocycles. The van der Waals surface area contributed by atoms with Gasteiger partial charge >= 0.3 is 0 Å². The number of halogens is 1. The maximum atomic E-state index is 13.3. The van der Waals surface area contributed by atoms with Crippen LogP contribution in [0.25, 0.3) is 0 Å². The largest absolute Gasteiger partial charge is 0.484 e. The molecule has 0 aliphatic heterocycles. The summed E-state index contributed by atoms with van der Waals surface area (Å²) in [5, 5.41) is 2.56. The van der Waals surface area contributed by atoms with Crippen molar-refractivity contribution in [1.29, 1.82) is 0 Å². The van der Waals surface area contributed by atoms with Crippen molar-refractivity contribution in [3.05, 3.63) is 53.8 Å². The number of rotatable bonds is 4. The van der Waals surface area contributed by atoms with Gasteiger partial charge in [-0.05, 0) is 36.8 Å². The van der Waals surface area contributed by atoms with Crippen LogP contribution in [0.4, 0.5) is 15.8 Å². The van der Waals surface area contributed by atoms with E-state index in [0.717, 1.165) is 0 Å². The molecule has 0 aromatic heterocycles. The van der Waals surface area contributed by atoms with Gasteiger partial charge in [0, 0.05) is 17.4 Å². The van der Waals surface area contributed by atoms with Crippen molar-refractivity contribution in [2.75, 3.05) is 17.7 Å². The monoisotopic (exact) mass is 274 g/mol. The van der Waals surface area contributed by atoms with Gasteiger partial charge in [0.05, 0.1) is 0 Å². The van der Waals surface area contributed by atoms with E-state index >= 15 is 0 Å². The van der Waals surface area contributed by atoms with Crippen molar-refractivity contribution in [3.8, 4) is 5.75 Å². The van der Waals surface area contributed by atoms with Crippen molar-refractivity contribution >= 4 is 17.3 Å². The number of nitrogens with two attached hydrogens (primary N) is 1. The number of benzene rings is 2. The molecule has 2 rings (SSSR count). The minimum atomic E-state index is -0.365. The molecule has 20 heavy (non-hydrogen) atoms. The van der Waals surface area contributed by atoms with Gasteiger partial charge in [-0.2, -0.15) is 0 Å². The lowest BCUT2D eigenvalue weighted by Crippen LogP contribution is -2.20. The summed E-state index contributed by atoms with van der Waals surface area (Å²) in [7, 11) is 0. The summed E-state index contributed by atoms with van der Waals surface area (Å²) in [6, 6.07) is 11.3. The zero-order valence-electron chi connectivity index (χ0n) is 11.0. The standard InChI is InChI=1S/C15H15FN2O2/c1-10-5-6-12(8-14(10)16)18-15(19)9-20-13-4-2-3-11(17)7-13/h2-8H,9,17H2,1H3,(H,18,19). The Morgan fingerprint density at radius 2 is 2.10 bits per heavy atom. The molecule has 0 atom stereocenters. The smallest absolute Gasteiger partial charge is 0.262 e. The van der Waals surface area contributed by atoms with Gasteiger partial charge in [0.2, 0.25) is 0 Å². The third-order valence-electron chi connectivity index (χ3n) is 2.68. The summed E-state index contributed by atoms with van der Waals surface area (Å²) in [5.74, 6) is -0.217. The highest BCUT2D eigenvalue weighted by molar-refractivity contribution is 5.91. The maximum absolute atomic E-state index is 13.3. The number of ether oxygens (including phenoxy) is 1. The van der Waals surface area contributed by atoms with Crippen molar-refractivity contribution in [3.63, 3.8) is 0 Å². The van der Waals surface area contributed by atoms with Gasteiger partial charge < -0.3 is 15.8 Å². The molecular formula is C15H15FN2O2. The Balaban J connectivity index is 1.91. The van der Waals surface area contributed by atoms with Crippen LogP contribution in [0.3, 0.4) is 0 Å². The second-order valence-electron chi connectivity index (χ2n) is 4.37. The van der Waals surface area contributed by atoms with Crippen LogP contribution in [0.1, 0.15) is 5.56 Å². The maximum Gasteiger partial charge on any atom is 0.262 e. The molecular weight excluding hydrogens is 259 g/mol. The van der Waals surface area contributed by atoms with E-state index in [9.17, 15) is 9.18 Å². The zero-order chi connectivity index (χ0) is 14.5. The van der Waals surface area contributed by atoms with Crippen molar-refractivity contribution in [2.45, 2.75) is 6.92 Å². The second-order valence-corrected chi connectivity index (χ2v) is 4.37. The first-order valence-electron chi connectivity index (χ1n) is 6.09. The highest BCUT2D eigenvalue weighted by Gasteiger charge is 2.05. The Bertz CT molecular complexity index is 629. The van der Waals surface area contributed by atoms with E-state index < -0.39 is 0 Å². The van der Waals surface area contributed by atoms with Crippen LogP contribution in [0.15, 0.2) is 42.5 Å². The molecule has 0 aliphatic carbocycles. The van der Waals surface area contributed by atoms with Crippen LogP contribution in [0, 0.1) is 12.7 Å². The van der Waals surface area contributed by atoms with Gasteiger partial charge in [-0.1, -0.05) is 12.1 Å². The molecule has 104 valence electrons. The van der Waals surface area contributed by atoms with Crippen molar-refractivity contribution in [2.24, 2.45) is 0 Å². The van der Waals surface area contributed by atoms with E-state index in [0.29, 0.717) is 22.7 Å². The van der Waals surface area contributed by atoms with Crippen molar-refractivity contribution in [1.82, 2.24) is 0 Å². The fraction of sp³-hybridized carbons (Fsp3) is 0.133. The highest BCUT2D eigenvalue weighted by atomic mass is 19.1. The number of nitrogens with one attached hydrogen (secondary N) is 1. The third kappa shape index (κ3) is 3.71. The summed E-state index contributed by atoms with van der Waals surface area (Å²) >= 11 is 0. The minimum absolute atomic E-state index is 0.168. The summed E-state index contributed by atoms with van der Waals surface area (Å²) in [6.07, 6.45) is 0. The molecule has 0 unspecified atom stereocenters. The molecule has 2 aromatic rings. The number of amides is 1. The van der Waals surface area contributed by atoms with E-state index in [1.807, 2.05) is 0 Å². The topological polar surface area (TPSA) is 64.3 Å². The number of carbonyl (C=O) groups excluding carboxylic acids is 1. The fourth-order valence-corrected chi connectivity index (χ4v) is 1.62. The van der Waals surface area contributed by atoms with Gasteiger partial charge in [-0.25, -0.2) is 4.39 Å². The van der Waals surface area contributed by atoms with Crippen LogP contribution >= 0.6 is 0 Å². The number of nitrogen functional groups attached to an aromatic ring is 1. The molecule has 0 spiro atoms. The fourth-order valence-electron chi connectivity index (χ4n) is 1.62. The first-order valence-corrected chi connectivity index (χ1v) is 6.09. The Labute approximate surface area is 116 Å². The van der Waals surface area contributed by atoms with Crippen LogP contribution in [-0.4, -0.2) is 12.5 Å². The number of carbonyl (C=O) groups is 1. The molecule has 3 N–H and O–H groups in total. The number of anilines is 2. The molecule has 0 aliphatic rings. The lowest BCUT2D eigenvalue weighted by atomic mass is 10.2. The van der Waals surface area contributed by atoms with Gasteiger partial charge in [-0.15, -0.1) is 0 Å². The summed E-state index contributed by atoms with van der Waals surface area (Å²) < 4.78 is 18.6. The average Bonchev–Trinajstić information content (AvgIpc) is 2.41. The number of hydrogen-bond acceptors (Lipinski definition) is 3. The second kappa shape index (κ2) is 6.06. The first kappa shape index (κ1) is 13.9. The van der Waals surface area contributed by atoms with E-state index in [1.54, 1.807) is 43.3 Å². The zero-order valence-corrected chi connectivity index (χ0v) is 11.0. The van der Waals surface area contributed by atoms with E-state index in [4.69, 9.17) is 10.5 Å². The summed E-state index contributed by atoms with van der Waals surface area (Å²) in [5.41, 5.74) is 7.08. The van der Waals surface area contributed by atoms with Crippen molar-refractivity contribution < 1.29 is 13.9 Å². The summed E-state index contributed by atoms with van der Waals surface area (Å²) in [4.78, 5) is 11.7. The van der Waals surface area contributed by atoms with E-state index in [2.05, 4.69) is 5.32 Å².